The van der Waals surface area contributed by atoms with Crippen LogP contribution in [0, 0.1) is 11.6 Å². The molecule has 3 aromatic rings. The van der Waals surface area contributed by atoms with Crippen LogP contribution in [-0.4, -0.2) is 34.5 Å². The van der Waals surface area contributed by atoms with Crippen LogP contribution in [0.5, 0.6) is 5.75 Å². The number of likely N-dealkylation sites (N-methyl/N-ethyl adjacent to an activating group) is 1. The van der Waals surface area contributed by atoms with Gasteiger partial charge in [0.25, 0.3) is 11.8 Å². The van der Waals surface area contributed by atoms with Crippen molar-refractivity contribution in [2.24, 2.45) is 0 Å². The lowest BCUT2D eigenvalue weighted by molar-refractivity contribution is 0.0791. The van der Waals surface area contributed by atoms with E-state index in [-0.39, 0.29) is 30.4 Å². The molecule has 0 spiro atoms. The van der Waals surface area contributed by atoms with Crippen molar-refractivity contribution in [1.82, 2.24) is 15.0 Å². The summed E-state index contributed by atoms with van der Waals surface area (Å²) < 4.78 is 37.5. The smallest absolute Gasteiger partial charge is 0.264 e. The fraction of sp³-hybridized carbons (Fsp3) is 0.211. The van der Waals surface area contributed by atoms with Crippen molar-refractivity contribution < 1.29 is 22.8 Å². The molecule has 0 saturated carbocycles. The van der Waals surface area contributed by atoms with Gasteiger partial charge in [0.2, 0.25) is 0 Å². The quantitative estimate of drug-likeness (QED) is 0.636. The first-order valence-electron chi connectivity index (χ1n) is 8.23. The molecule has 140 valence electrons. The van der Waals surface area contributed by atoms with Gasteiger partial charge in [-0.3, -0.25) is 4.79 Å². The minimum absolute atomic E-state index is 0.00656. The molecule has 27 heavy (non-hydrogen) atoms. The summed E-state index contributed by atoms with van der Waals surface area (Å²) in [5.74, 6) is -0.828. The van der Waals surface area contributed by atoms with Crippen molar-refractivity contribution >= 4 is 5.91 Å². The first-order valence-corrected chi connectivity index (χ1v) is 8.23. The van der Waals surface area contributed by atoms with Gasteiger partial charge in [-0.25, -0.2) is 8.78 Å². The topological polar surface area (TPSA) is 68.5 Å². The van der Waals surface area contributed by atoms with Crippen molar-refractivity contribution in [1.29, 1.82) is 0 Å². The third-order valence-corrected chi connectivity index (χ3v) is 3.82. The van der Waals surface area contributed by atoms with Crippen LogP contribution in [0.3, 0.4) is 0 Å². The molecule has 0 atom stereocenters. The van der Waals surface area contributed by atoms with Crippen molar-refractivity contribution in [2.45, 2.75) is 13.0 Å². The molecule has 0 unspecified atom stereocenters. The van der Waals surface area contributed by atoms with E-state index in [0.29, 0.717) is 12.2 Å². The predicted octanol–water partition coefficient (Wildman–Crippen LogP) is 3.24. The molecule has 0 bridgehead atoms. The van der Waals surface area contributed by atoms with Crippen LogP contribution in [0.2, 0.25) is 0 Å². The molecule has 0 aliphatic heterocycles. The molecule has 0 aliphatic rings. The minimum atomic E-state index is -0.568. The Hall–Kier alpha value is -3.29. The third kappa shape index (κ3) is 4.66. The second-order valence-electron chi connectivity index (χ2n) is 5.78. The Kier molecular flexibility index (Phi) is 5.75. The van der Waals surface area contributed by atoms with Crippen LogP contribution < -0.4 is 4.74 Å². The number of carbonyl (C=O) groups excluding carboxylic acids is 1. The summed E-state index contributed by atoms with van der Waals surface area (Å²) in [7, 11) is 1.57. The van der Waals surface area contributed by atoms with Crippen molar-refractivity contribution in [2.75, 3.05) is 13.6 Å². The van der Waals surface area contributed by atoms with E-state index in [4.69, 9.17) is 9.26 Å². The normalized spacial score (nSPS) is 10.6. The number of para-hydroxylation sites is 1. The molecule has 1 aromatic heterocycles. The molecule has 0 fully saturated rings. The monoisotopic (exact) mass is 373 g/mol. The highest BCUT2D eigenvalue weighted by Gasteiger charge is 2.16. The summed E-state index contributed by atoms with van der Waals surface area (Å²) >= 11 is 0. The average Bonchev–Trinajstić information content (AvgIpc) is 3.13. The van der Waals surface area contributed by atoms with Crippen LogP contribution >= 0.6 is 0 Å². The van der Waals surface area contributed by atoms with E-state index in [1.807, 2.05) is 0 Å². The van der Waals surface area contributed by atoms with Crippen molar-refractivity contribution in [3.05, 3.63) is 77.4 Å². The molecule has 1 amide bonds. The fourth-order valence-corrected chi connectivity index (χ4v) is 2.36. The molecule has 6 nitrogen and oxygen atoms in total. The van der Waals surface area contributed by atoms with Gasteiger partial charge in [0, 0.05) is 20.0 Å². The Morgan fingerprint density at radius 3 is 2.56 bits per heavy atom. The first kappa shape index (κ1) is 18.5. The Morgan fingerprint density at radius 1 is 1.11 bits per heavy atom. The molecule has 0 radical (unpaired) electrons. The highest BCUT2D eigenvalue weighted by molar-refractivity contribution is 5.94. The van der Waals surface area contributed by atoms with Crippen LogP contribution in [0.4, 0.5) is 8.78 Å². The molecule has 0 aliphatic carbocycles. The standard InChI is InChI=1S/C19H17F2N3O3/c1-24(19(25)13-6-2-3-7-14(13)20)11-10-17-22-18(27-23-17)12-26-16-9-5-4-8-15(16)21/h2-9H,10-12H2,1H3. The second kappa shape index (κ2) is 8.39. The Balaban J connectivity index is 1.53. The lowest BCUT2D eigenvalue weighted by Gasteiger charge is -2.16. The largest absolute Gasteiger partial charge is 0.481 e. The maximum Gasteiger partial charge on any atom is 0.264 e. The molecule has 1 heterocycles. The minimum Gasteiger partial charge on any atom is -0.481 e. The summed E-state index contributed by atoms with van der Waals surface area (Å²) in [4.78, 5) is 17.8. The van der Waals surface area contributed by atoms with Gasteiger partial charge in [0.15, 0.2) is 24.0 Å². The first-order chi connectivity index (χ1) is 13.0. The second-order valence-corrected chi connectivity index (χ2v) is 5.78. The van der Waals surface area contributed by atoms with E-state index >= 15 is 0 Å². The third-order valence-electron chi connectivity index (χ3n) is 3.82. The van der Waals surface area contributed by atoms with Gasteiger partial charge in [-0.15, -0.1) is 0 Å². The van der Waals surface area contributed by atoms with Gasteiger partial charge in [-0.2, -0.15) is 4.98 Å². The van der Waals surface area contributed by atoms with Crippen molar-refractivity contribution in [3.8, 4) is 5.75 Å². The lowest BCUT2D eigenvalue weighted by atomic mass is 10.2. The molecular formula is C19H17F2N3O3. The number of aromatic nitrogens is 2. The molecule has 0 saturated heterocycles. The Labute approximate surface area is 154 Å². The SMILES string of the molecule is CN(CCc1noc(COc2ccccc2F)n1)C(=O)c1ccccc1F. The van der Waals surface area contributed by atoms with E-state index < -0.39 is 17.5 Å². The van der Waals surface area contributed by atoms with Gasteiger partial charge in [0.1, 0.15) is 5.82 Å². The van der Waals surface area contributed by atoms with E-state index in [0.717, 1.165) is 0 Å². The fourth-order valence-electron chi connectivity index (χ4n) is 2.36. The van der Waals surface area contributed by atoms with E-state index in [1.165, 1.54) is 35.2 Å². The zero-order valence-corrected chi connectivity index (χ0v) is 14.6. The summed E-state index contributed by atoms with van der Waals surface area (Å²) in [6, 6.07) is 11.8. The number of benzene rings is 2. The predicted molar refractivity (Wildman–Crippen MR) is 92.1 cm³/mol. The maximum absolute atomic E-state index is 13.7. The number of carbonyl (C=O) groups is 1. The molecule has 8 heteroatoms. The zero-order chi connectivity index (χ0) is 19.2. The number of amides is 1. The van der Waals surface area contributed by atoms with Gasteiger partial charge >= 0.3 is 0 Å². The molecule has 0 N–H and O–H groups in total. The Bertz CT molecular complexity index is 930. The van der Waals surface area contributed by atoms with E-state index in [9.17, 15) is 13.6 Å². The number of hydrogen-bond acceptors (Lipinski definition) is 5. The van der Waals surface area contributed by atoms with Gasteiger partial charge in [-0.1, -0.05) is 29.4 Å². The van der Waals surface area contributed by atoms with Gasteiger partial charge in [-0.05, 0) is 24.3 Å². The zero-order valence-electron chi connectivity index (χ0n) is 14.6. The molecule has 3 rings (SSSR count). The van der Waals surface area contributed by atoms with Crippen LogP contribution in [0.1, 0.15) is 22.1 Å². The average molecular weight is 373 g/mol. The summed E-state index contributed by atoms with van der Waals surface area (Å²) in [6.07, 6.45) is 0.319. The maximum atomic E-state index is 13.7. The van der Waals surface area contributed by atoms with Crippen molar-refractivity contribution in [3.63, 3.8) is 0 Å². The summed E-state index contributed by atoms with van der Waals surface area (Å²) in [6.45, 7) is 0.207. The van der Waals surface area contributed by atoms with E-state index in [2.05, 4.69) is 10.1 Å². The molecular weight excluding hydrogens is 356 g/mol. The molecule has 2 aromatic carbocycles. The lowest BCUT2D eigenvalue weighted by Crippen LogP contribution is -2.29. The number of hydrogen-bond donors (Lipinski definition) is 0. The van der Waals surface area contributed by atoms with Crippen LogP contribution in [-0.2, 0) is 13.0 Å². The summed E-state index contributed by atoms with van der Waals surface area (Å²) in [5, 5.41) is 3.80. The number of halogens is 2. The van der Waals surface area contributed by atoms with Crippen LogP contribution in [0.15, 0.2) is 53.1 Å². The van der Waals surface area contributed by atoms with E-state index in [1.54, 1.807) is 25.2 Å². The number of nitrogens with zero attached hydrogens (tertiary/aromatic N) is 3. The number of ether oxygens (including phenoxy) is 1. The Morgan fingerprint density at radius 2 is 1.81 bits per heavy atom. The van der Waals surface area contributed by atoms with Gasteiger partial charge < -0.3 is 14.2 Å². The van der Waals surface area contributed by atoms with Crippen LogP contribution in [0.25, 0.3) is 0 Å². The summed E-state index contributed by atoms with van der Waals surface area (Å²) in [5.41, 5.74) is 0.00656. The number of rotatable bonds is 7. The van der Waals surface area contributed by atoms with Gasteiger partial charge in [0.05, 0.1) is 5.56 Å². The highest BCUT2D eigenvalue weighted by Crippen LogP contribution is 2.16. The highest BCUT2D eigenvalue weighted by atomic mass is 19.1.